The smallest absolute Gasteiger partial charge is 0.242 e. The zero-order chi connectivity index (χ0) is 16.3. The Morgan fingerprint density at radius 3 is 2.48 bits per heavy atom. The molecule has 0 radical (unpaired) electrons. The average molecular weight is 315 g/mol. The second kappa shape index (κ2) is 6.64. The van der Waals surface area contributed by atoms with Crippen LogP contribution in [0.15, 0.2) is 23.1 Å². The molecule has 0 heterocycles. The van der Waals surface area contributed by atoms with E-state index in [0.29, 0.717) is 24.3 Å². The number of rotatable bonds is 7. The Kier molecular flexibility index (Phi) is 5.61. The van der Waals surface area contributed by atoms with Crippen LogP contribution in [0.25, 0.3) is 0 Å². The molecule has 4 N–H and O–H groups in total. The van der Waals surface area contributed by atoms with E-state index in [-0.39, 0.29) is 4.90 Å². The first-order valence-corrected chi connectivity index (χ1v) is 8.32. The number of hydrogen-bond acceptors (Lipinski definition) is 5. The lowest BCUT2D eigenvalue weighted by Gasteiger charge is -2.24. The van der Waals surface area contributed by atoms with E-state index in [1.165, 1.54) is 26.2 Å². The molecule has 0 spiro atoms. The average Bonchev–Trinajstić information content (AvgIpc) is 2.36. The van der Waals surface area contributed by atoms with Crippen molar-refractivity contribution < 1.29 is 13.5 Å². The molecule has 0 aliphatic heterocycles. The van der Waals surface area contributed by atoms with E-state index < -0.39 is 15.6 Å². The number of anilines is 2. The molecule has 0 aliphatic rings. The number of nitrogens with zero attached hydrogens (tertiary/aromatic N) is 1. The molecule has 1 atom stereocenters. The summed E-state index contributed by atoms with van der Waals surface area (Å²) in [5.41, 5.74) is 6.02. The van der Waals surface area contributed by atoms with Crippen molar-refractivity contribution in [3.05, 3.63) is 18.2 Å². The number of nitrogens with two attached hydrogens (primary N) is 1. The topological polar surface area (TPSA) is 95.7 Å². The first kappa shape index (κ1) is 17.7. The van der Waals surface area contributed by atoms with Crippen LogP contribution in [0.4, 0.5) is 11.4 Å². The molecule has 0 amide bonds. The van der Waals surface area contributed by atoms with Crippen molar-refractivity contribution in [1.29, 1.82) is 0 Å². The summed E-state index contributed by atoms with van der Waals surface area (Å²) in [5.74, 6) is 0. The first-order valence-electron chi connectivity index (χ1n) is 6.88. The van der Waals surface area contributed by atoms with Crippen molar-refractivity contribution >= 4 is 21.4 Å². The predicted molar refractivity (Wildman–Crippen MR) is 85.7 cm³/mol. The zero-order valence-electron chi connectivity index (χ0n) is 13.0. The van der Waals surface area contributed by atoms with E-state index in [1.54, 1.807) is 13.0 Å². The summed E-state index contributed by atoms with van der Waals surface area (Å²) < 4.78 is 25.2. The Morgan fingerprint density at radius 1 is 1.38 bits per heavy atom. The van der Waals surface area contributed by atoms with Crippen molar-refractivity contribution in [3.8, 4) is 0 Å². The van der Waals surface area contributed by atoms with Crippen LogP contribution in [0, 0.1) is 0 Å². The van der Waals surface area contributed by atoms with Gasteiger partial charge in [-0.15, -0.1) is 0 Å². The van der Waals surface area contributed by atoms with Gasteiger partial charge in [0, 0.05) is 20.6 Å². The third-order valence-corrected chi connectivity index (χ3v) is 5.06. The van der Waals surface area contributed by atoms with Crippen molar-refractivity contribution in [3.63, 3.8) is 0 Å². The zero-order valence-corrected chi connectivity index (χ0v) is 13.9. The van der Waals surface area contributed by atoms with Gasteiger partial charge < -0.3 is 16.2 Å². The van der Waals surface area contributed by atoms with Gasteiger partial charge in [0.1, 0.15) is 0 Å². The summed E-state index contributed by atoms with van der Waals surface area (Å²) in [5, 5.41) is 13.2. The SMILES string of the molecule is CCCC(C)(O)CNc1ccc(S(=O)(=O)N(C)C)cc1N. The maximum Gasteiger partial charge on any atom is 0.242 e. The lowest BCUT2D eigenvalue weighted by atomic mass is 10.0. The molecule has 1 unspecified atom stereocenters. The van der Waals surface area contributed by atoms with Crippen molar-refractivity contribution in [2.45, 2.75) is 37.2 Å². The van der Waals surface area contributed by atoms with Gasteiger partial charge >= 0.3 is 0 Å². The van der Waals surface area contributed by atoms with Gasteiger partial charge in [-0.3, -0.25) is 0 Å². The summed E-state index contributed by atoms with van der Waals surface area (Å²) in [6.45, 7) is 4.11. The minimum absolute atomic E-state index is 0.149. The molecule has 6 nitrogen and oxygen atoms in total. The van der Waals surface area contributed by atoms with E-state index in [2.05, 4.69) is 5.32 Å². The van der Waals surface area contributed by atoms with E-state index in [0.717, 1.165) is 10.7 Å². The normalized spacial score (nSPS) is 15.0. The first-order chi connectivity index (χ1) is 9.60. The number of sulfonamides is 1. The number of benzene rings is 1. The Balaban J connectivity index is 2.90. The fourth-order valence-corrected chi connectivity index (χ4v) is 2.92. The molecule has 0 fully saturated rings. The van der Waals surface area contributed by atoms with Crippen molar-refractivity contribution in [1.82, 2.24) is 4.31 Å². The van der Waals surface area contributed by atoms with Crippen molar-refractivity contribution in [2.75, 3.05) is 31.7 Å². The van der Waals surface area contributed by atoms with Gasteiger partial charge in [-0.25, -0.2) is 12.7 Å². The van der Waals surface area contributed by atoms with Gasteiger partial charge in [0.15, 0.2) is 0 Å². The minimum Gasteiger partial charge on any atom is -0.397 e. The van der Waals surface area contributed by atoms with Gasteiger partial charge in [0.25, 0.3) is 0 Å². The highest BCUT2D eigenvalue weighted by Crippen LogP contribution is 2.25. The molecular formula is C14H25N3O3S. The third kappa shape index (κ3) is 4.59. The second-order valence-corrected chi connectivity index (χ2v) is 7.79. The van der Waals surface area contributed by atoms with Crippen LogP contribution in [0.1, 0.15) is 26.7 Å². The fourth-order valence-electron chi connectivity index (χ4n) is 1.99. The van der Waals surface area contributed by atoms with E-state index >= 15 is 0 Å². The van der Waals surface area contributed by atoms with Crippen LogP contribution in [0.3, 0.4) is 0 Å². The lowest BCUT2D eigenvalue weighted by Crippen LogP contribution is -2.33. The molecule has 7 heteroatoms. The molecule has 1 aromatic carbocycles. The van der Waals surface area contributed by atoms with E-state index in [9.17, 15) is 13.5 Å². The Hall–Kier alpha value is -1.31. The van der Waals surface area contributed by atoms with Gasteiger partial charge in [-0.2, -0.15) is 0 Å². The number of nitrogen functional groups attached to an aromatic ring is 1. The van der Waals surface area contributed by atoms with Gasteiger partial charge in [-0.1, -0.05) is 13.3 Å². The molecule has 0 saturated carbocycles. The molecule has 1 rings (SSSR count). The van der Waals surface area contributed by atoms with Gasteiger partial charge in [0.05, 0.1) is 21.9 Å². The molecule has 0 bridgehead atoms. The fraction of sp³-hybridized carbons (Fsp3) is 0.571. The molecular weight excluding hydrogens is 290 g/mol. The van der Waals surface area contributed by atoms with E-state index in [1.807, 2.05) is 6.92 Å². The summed E-state index contributed by atoms with van der Waals surface area (Å²) in [6, 6.07) is 4.54. The van der Waals surface area contributed by atoms with Crippen LogP contribution in [-0.2, 0) is 10.0 Å². The summed E-state index contributed by atoms with van der Waals surface area (Å²) in [4.78, 5) is 0.149. The molecule has 0 aromatic heterocycles. The summed E-state index contributed by atoms with van der Waals surface area (Å²) >= 11 is 0. The summed E-state index contributed by atoms with van der Waals surface area (Å²) in [7, 11) is -0.548. The van der Waals surface area contributed by atoms with Crippen molar-refractivity contribution in [2.24, 2.45) is 0 Å². The van der Waals surface area contributed by atoms with Crippen LogP contribution < -0.4 is 11.1 Å². The number of nitrogens with one attached hydrogen (secondary N) is 1. The van der Waals surface area contributed by atoms with Gasteiger partial charge in [-0.05, 0) is 31.5 Å². The Bertz CT molecular complexity index is 583. The van der Waals surface area contributed by atoms with E-state index in [4.69, 9.17) is 5.73 Å². The highest BCUT2D eigenvalue weighted by molar-refractivity contribution is 7.89. The van der Waals surface area contributed by atoms with Crippen LogP contribution in [0.5, 0.6) is 0 Å². The van der Waals surface area contributed by atoms with Crippen LogP contribution >= 0.6 is 0 Å². The molecule has 120 valence electrons. The third-order valence-electron chi connectivity index (χ3n) is 3.25. The largest absolute Gasteiger partial charge is 0.397 e. The summed E-state index contributed by atoms with van der Waals surface area (Å²) in [6.07, 6.45) is 1.55. The lowest BCUT2D eigenvalue weighted by molar-refractivity contribution is 0.0637. The number of hydrogen-bond donors (Lipinski definition) is 3. The minimum atomic E-state index is -3.49. The van der Waals surface area contributed by atoms with Crippen LogP contribution in [0.2, 0.25) is 0 Å². The Labute approximate surface area is 127 Å². The predicted octanol–water partition coefficient (Wildman–Crippen LogP) is 1.48. The molecule has 1 aromatic rings. The number of aliphatic hydroxyl groups is 1. The second-order valence-electron chi connectivity index (χ2n) is 5.64. The van der Waals surface area contributed by atoms with Crippen LogP contribution in [-0.4, -0.2) is 44.1 Å². The maximum atomic E-state index is 12.0. The standard InChI is InChI=1S/C14H25N3O3S/c1-5-8-14(2,18)10-16-13-7-6-11(9-12(13)15)21(19,20)17(3)4/h6-7,9,16,18H,5,8,10,15H2,1-4H3. The Morgan fingerprint density at radius 2 is 2.00 bits per heavy atom. The molecule has 21 heavy (non-hydrogen) atoms. The highest BCUT2D eigenvalue weighted by atomic mass is 32.2. The quantitative estimate of drug-likeness (QED) is 0.662. The molecule has 0 aliphatic carbocycles. The molecule has 0 saturated heterocycles. The van der Waals surface area contributed by atoms with Gasteiger partial charge in [0.2, 0.25) is 10.0 Å². The maximum absolute atomic E-state index is 12.0. The highest BCUT2D eigenvalue weighted by Gasteiger charge is 2.20. The monoisotopic (exact) mass is 315 g/mol.